The van der Waals surface area contributed by atoms with E-state index >= 15 is 0 Å². The quantitative estimate of drug-likeness (QED) is 0.746. The monoisotopic (exact) mass is 273 g/mol. The highest BCUT2D eigenvalue weighted by Gasteiger charge is 2.05. The molecule has 3 rings (SSSR count). The first-order valence-electron chi connectivity index (χ1n) is 5.85. The van der Waals surface area contributed by atoms with Crippen molar-refractivity contribution in [1.82, 2.24) is 19.6 Å². The Kier molecular flexibility index (Phi) is 3.05. The normalized spacial score (nSPS) is 10.8. The molecule has 1 aromatic carbocycles. The summed E-state index contributed by atoms with van der Waals surface area (Å²) in [5.74, 6) is 1.90. The number of aromatic nitrogens is 4. The molecule has 0 saturated carbocycles. The van der Waals surface area contributed by atoms with Crippen molar-refractivity contribution >= 4 is 28.9 Å². The van der Waals surface area contributed by atoms with Crippen LogP contribution in [0.1, 0.15) is 11.3 Å². The number of hydrogen-bond donors (Lipinski definition) is 1. The zero-order valence-corrected chi connectivity index (χ0v) is 11.1. The fourth-order valence-electron chi connectivity index (χ4n) is 1.90. The van der Waals surface area contributed by atoms with Gasteiger partial charge in [0.15, 0.2) is 0 Å². The molecule has 2 heterocycles. The van der Waals surface area contributed by atoms with E-state index in [0.29, 0.717) is 11.7 Å². The molecule has 0 aliphatic rings. The molecule has 0 unspecified atom stereocenters. The summed E-state index contributed by atoms with van der Waals surface area (Å²) in [5, 5.41) is 7.46. The SMILES string of the molecule is Cc1cc(Nc2cccc(CCl)c2)n2ncnc2n1. The second-order valence-corrected chi connectivity index (χ2v) is 4.48. The van der Waals surface area contributed by atoms with Crippen LogP contribution < -0.4 is 5.32 Å². The minimum absolute atomic E-state index is 0.490. The molecule has 0 aliphatic carbocycles. The molecule has 2 aromatic heterocycles. The van der Waals surface area contributed by atoms with Gasteiger partial charge in [-0.15, -0.1) is 11.6 Å². The summed E-state index contributed by atoms with van der Waals surface area (Å²) in [6, 6.07) is 9.86. The lowest BCUT2D eigenvalue weighted by molar-refractivity contribution is 0.937. The van der Waals surface area contributed by atoms with E-state index in [0.717, 1.165) is 22.8 Å². The van der Waals surface area contributed by atoms with Gasteiger partial charge in [0, 0.05) is 23.3 Å². The van der Waals surface area contributed by atoms with Crippen molar-refractivity contribution in [2.24, 2.45) is 0 Å². The molecule has 6 heteroatoms. The first kappa shape index (κ1) is 11.9. The van der Waals surface area contributed by atoms with Crippen molar-refractivity contribution in [3.05, 3.63) is 47.9 Å². The van der Waals surface area contributed by atoms with Crippen LogP contribution >= 0.6 is 11.6 Å². The molecule has 0 amide bonds. The lowest BCUT2D eigenvalue weighted by Gasteiger charge is -2.09. The number of hydrogen-bond acceptors (Lipinski definition) is 4. The second-order valence-electron chi connectivity index (χ2n) is 4.21. The zero-order chi connectivity index (χ0) is 13.2. The van der Waals surface area contributed by atoms with Crippen molar-refractivity contribution in [3.8, 4) is 0 Å². The predicted molar refractivity (Wildman–Crippen MR) is 74.8 cm³/mol. The standard InChI is InChI=1S/C13H12ClN5/c1-9-5-12(19-13(17-9)15-8-16-19)18-11-4-2-3-10(6-11)7-14/h2-6,8,18H,7H2,1H3. The Hall–Kier alpha value is -2.14. The topological polar surface area (TPSA) is 55.1 Å². The number of halogens is 1. The van der Waals surface area contributed by atoms with E-state index in [9.17, 15) is 0 Å². The summed E-state index contributed by atoms with van der Waals surface area (Å²) in [6.45, 7) is 1.93. The smallest absolute Gasteiger partial charge is 0.254 e. The molecule has 96 valence electrons. The Labute approximate surface area is 115 Å². The van der Waals surface area contributed by atoms with Gasteiger partial charge in [-0.25, -0.2) is 4.98 Å². The van der Waals surface area contributed by atoms with E-state index in [1.807, 2.05) is 37.3 Å². The minimum Gasteiger partial charge on any atom is -0.340 e. The highest BCUT2D eigenvalue weighted by Crippen LogP contribution is 2.19. The minimum atomic E-state index is 0.490. The van der Waals surface area contributed by atoms with Gasteiger partial charge in [0.05, 0.1) is 0 Å². The Morgan fingerprint density at radius 1 is 1.32 bits per heavy atom. The number of fused-ring (bicyclic) bond motifs is 1. The van der Waals surface area contributed by atoms with E-state index in [-0.39, 0.29) is 0 Å². The number of benzene rings is 1. The predicted octanol–water partition coefficient (Wildman–Crippen LogP) is 2.92. The van der Waals surface area contributed by atoms with Gasteiger partial charge in [-0.05, 0) is 24.6 Å². The third kappa shape index (κ3) is 2.37. The molecule has 0 atom stereocenters. The van der Waals surface area contributed by atoms with Crippen LogP contribution in [0.4, 0.5) is 11.5 Å². The lowest BCUT2D eigenvalue weighted by Crippen LogP contribution is -2.02. The van der Waals surface area contributed by atoms with E-state index < -0.39 is 0 Å². The molecule has 0 fully saturated rings. The van der Waals surface area contributed by atoms with Crippen LogP contribution in [0.5, 0.6) is 0 Å². The Morgan fingerprint density at radius 2 is 2.21 bits per heavy atom. The number of alkyl halides is 1. The zero-order valence-electron chi connectivity index (χ0n) is 10.3. The first-order valence-corrected chi connectivity index (χ1v) is 6.39. The highest BCUT2D eigenvalue weighted by atomic mass is 35.5. The maximum Gasteiger partial charge on any atom is 0.254 e. The molecule has 0 radical (unpaired) electrons. The average Bonchev–Trinajstić information content (AvgIpc) is 2.87. The summed E-state index contributed by atoms with van der Waals surface area (Å²) in [6.07, 6.45) is 1.49. The van der Waals surface area contributed by atoms with Gasteiger partial charge in [-0.3, -0.25) is 0 Å². The molecule has 19 heavy (non-hydrogen) atoms. The summed E-state index contributed by atoms with van der Waals surface area (Å²) >= 11 is 5.84. The fraction of sp³-hybridized carbons (Fsp3) is 0.154. The summed E-state index contributed by atoms with van der Waals surface area (Å²) in [5.41, 5.74) is 2.91. The summed E-state index contributed by atoms with van der Waals surface area (Å²) in [4.78, 5) is 8.40. The molecule has 0 aliphatic heterocycles. The van der Waals surface area contributed by atoms with Crippen LogP contribution in [0.3, 0.4) is 0 Å². The van der Waals surface area contributed by atoms with Crippen LogP contribution in [-0.2, 0) is 5.88 Å². The Morgan fingerprint density at radius 3 is 3.05 bits per heavy atom. The van der Waals surface area contributed by atoms with E-state index in [1.54, 1.807) is 4.52 Å². The molecule has 0 bridgehead atoms. The van der Waals surface area contributed by atoms with Crippen LogP contribution in [0.15, 0.2) is 36.7 Å². The van der Waals surface area contributed by atoms with Gasteiger partial charge in [-0.1, -0.05) is 12.1 Å². The van der Waals surface area contributed by atoms with Crippen molar-refractivity contribution in [1.29, 1.82) is 0 Å². The number of nitrogens with zero attached hydrogens (tertiary/aromatic N) is 4. The second kappa shape index (κ2) is 4.85. The first-order chi connectivity index (χ1) is 9.26. The van der Waals surface area contributed by atoms with Crippen LogP contribution in [0.2, 0.25) is 0 Å². The molecule has 0 saturated heterocycles. The van der Waals surface area contributed by atoms with Crippen molar-refractivity contribution in [2.45, 2.75) is 12.8 Å². The van der Waals surface area contributed by atoms with E-state index in [2.05, 4.69) is 20.4 Å². The lowest BCUT2D eigenvalue weighted by atomic mass is 10.2. The summed E-state index contributed by atoms with van der Waals surface area (Å²) < 4.78 is 1.67. The molecule has 0 spiro atoms. The fourth-order valence-corrected chi connectivity index (χ4v) is 2.07. The Balaban J connectivity index is 2.02. The van der Waals surface area contributed by atoms with Crippen LogP contribution in [0, 0.1) is 6.92 Å². The van der Waals surface area contributed by atoms with Gasteiger partial charge in [0.25, 0.3) is 5.78 Å². The Bertz CT molecular complexity index is 722. The summed E-state index contributed by atoms with van der Waals surface area (Å²) in [7, 11) is 0. The van der Waals surface area contributed by atoms with E-state index in [4.69, 9.17) is 11.6 Å². The van der Waals surface area contributed by atoms with Crippen LogP contribution in [-0.4, -0.2) is 19.6 Å². The molecule has 1 N–H and O–H groups in total. The van der Waals surface area contributed by atoms with Gasteiger partial charge < -0.3 is 5.32 Å². The average molecular weight is 274 g/mol. The highest BCUT2D eigenvalue weighted by molar-refractivity contribution is 6.17. The van der Waals surface area contributed by atoms with Crippen LogP contribution in [0.25, 0.3) is 5.78 Å². The third-order valence-corrected chi connectivity index (χ3v) is 3.04. The number of aryl methyl sites for hydroxylation is 1. The van der Waals surface area contributed by atoms with Crippen molar-refractivity contribution < 1.29 is 0 Å². The number of rotatable bonds is 3. The maximum absolute atomic E-state index is 5.84. The number of nitrogens with one attached hydrogen (secondary N) is 1. The largest absolute Gasteiger partial charge is 0.340 e. The van der Waals surface area contributed by atoms with Gasteiger partial charge >= 0.3 is 0 Å². The van der Waals surface area contributed by atoms with Crippen molar-refractivity contribution in [3.63, 3.8) is 0 Å². The molecular formula is C13H12ClN5. The molecule has 3 aromatic rings. The maximum atomic E-state index is 5.84. The van der Waals surface area contributed by atoms with Gasteiger partial charge in [-0.2, -0.15) is 14.6 Å². The third-order valence-electron chi connectivity index (χ3n) is 2.73. The van der Waals surface area contributed by atoms with Gasteiger partial charge in [0.1, 0.15) is 12.1 Å². The number of anilines is 2. The van der Waals surface area contributed by atoms with Crippen molar-refractivity contribution in [2.75, 3.05) is 5.32 Å². The van der Waals surface area contributed by atoms with E-state index in [1.165, 1.54) is 6.33 Å². The van der Waals surface area contributed by atoms with Gasteiger partial charge in [0.2, 0.25) is 0 Å². The molecule has 5 nitrogen and oxygen atoms in total. The molecular weight excluding hydrogens is 262 g/mol.